The molecule has 0 spiro atoms. The average molecular weight is 392 g/mol. The maximum Gasteiger partial charge on any atom is 0.278 e. The largest absolute Gasteiger partial charge is 0.367 e. The molecule has 1 rings (SSSR count). The lowest BCUT2D eigenvalue weighted by Crippen LogP contribution is -2.68. The van der Waals surface area contributed by atoms with Gasteiger partial charge < -0.3 is 31.9 Å². The van der Waals surface area contributed by atoms with Gasteiger partial charge in [-0.1, -0.05) is 0 Å². The Labute approximate surface area is 156 Å². The van der Waals surface area contributed by atoms with Crippen LogP contribution in [0.25, 0.3) is 0 Å². The van der Waals surface area contributed by atoms with E-state index in [-0.39, 0.29) is 31.6 Å². The number of rotatable bonds is 11. The van der Waals surface area contributed by atoms with E-state index in [0.717, 1.165) is 25.7 Å². The Kier molecular flexibility index (Phi) is 10.8. The van der Waals surface area contributed by atoms with Gasteiger partial charge in [0.15, 0.2) is 12.3 Å². The molecule has 12 nitrogen and oxygen atoms in total. The molecule has 1 atom stereocenters. The monoisotopic (exact) mass is 392 g/mol. The fourth-order valence-electron chi connectivity index (χ4n) is 2.92. The van der Waals surface area contributed by atoms with Gasteiger partial charge in [0.25, 0.3) is 5.91 Å². The Morgan fingerprint density at radius 3 is 2.19 bits per heavy atom. The Morgan fingerprint density at radius 1 is 1.00 bits per heavy atom. The highest BCUT2D eigenvalue weighted by Crippen LogP contribution is 2.27. The molecule has 0 aromatic heterocycles. The van der Waals surface area contributed by atoms with Crippen LogP contribution in [0.1, 0.15) is 32.1 Å². The summed E-state index contributed by atoms with van der Waals surface area (Å²) in [5, 5.41) is 32.6. The summed E-state index contributed by atoms with van der Waals surface area (Å²) in [4.78, 5) is 38.9. The van der Waals surface area contributed by atoms with Crippen LogP contribution in [0.4, 0.5) is 0 Å². The quantitative estimate of drug-likeness (QED) is 0.0994. The molecule has 156 valence electrons. The number of aliphatic hydroxyl groups excluding tert-OH is 1. The molecule has 0 bridgehead atoms. The molecule has 1 unspecified atom stereocenters. The van der Waals surface area contributed by atoms with E-state index in [9.17, 15) is 14.4 Å². The second kappa shape index (κ2) is 12.5. The highest BCUT2D eigenvalue weighted by Gasteiger charge is 2.27. The van der Waals surface area contributed by atoms with Crippen molar-refractivity contribution in [2.75, 3.05) is 19.6 Å². The van der Waals surface area contributed by atoms with Gasteiger partial charge in [0.2, 0.25) is 11.8 Å². The third-order valence-corrected chi connectivity index (χ3v) is 4.41. The molecule has 1 aliphatic carbocycles. The Bertz CT molecular complexity index is 483. The van der Waals surface area contributed by atoms with Crippen LogP contribution in [0, 0.1) is 5.92 Å². The molecule has 1 fully saturated rings. The van der Waals surface area contributed by atoms with Crippen molar-refractivity contribution in [1.82, 2.24) is 21.4 Å². The zero-order chi connectivity index (χ0) is 20.2. The van der Waals surface area contributed by atoms with E-state index in [0.29, 0.717) is 12.3 Å². The van der Waals surface area contributed by atoms with Crippen LogP contribution in [0.3, 0.4) is 0 Å². The Hall–Kier alpha value is -1.83. The molecule has 27 heavy (non-hydrogen) atoms. The van der Waals surface area contributed by atoms with Gasteiger partial charge in [0, 0.05) is 12.5 Å². The first-order valence-electron chi connectivity index (χ1n) is 8.88. The lowest BCUT2D eigenvalue weighted by atomic mass is 9.82. The van der Waals surface area contributed by atoms with E-state index >= 15 is 0 Å². The number of carbonyl (C=O) groups excluding carboxylic acids is 3. The average Bonchev–Trinajstić information content (AvgIpc) is 2.64. The maximum absolute atomic E-state index is 12.0. The number of amides is 3. The molecule has 1 aliphatic rings. The summed E-state index contributed by atoms with van der Waals surface area (Å²) >= 11 is 0. The van der Waals surface area contributed by atoms with Crippen molar-refractivity contribution in [3.05, 3.63) is 0 Å². The summed E-state index contributed by atoms with van der Waals surface area (Å²) < 4.78 is 0. The van der Waals surface area contributed by atoms with Gasteiger partial charge in [0.1, 0.15) is 0 Å². The molecular formula is C15H30N5O7+. The zero-order valence-corrected chi connectivity index (χ0v) is 15.1. The standard InChI is InChI=1S/C15H29N5O7/c16-11(5-9-1-3-10(4-2-9)20-27-26)15(25)19-7-13(22)17-6-12(21)18-8-14(23)24/h9-11,14,20,23-24,26H,1-8,16H2,(H,17,22)(H,18,21)(H,19,25)/p+1. The highest BCUT2D eigenvalue weighted by atomic mass is 17.2. The van der Waals surface area contributed by atoms with E-state index in [1.807, 2.05) is 0 Å². The number of hydrogen-bond acceptors (Lipinski definition) is 8. The SMILES string of the molecule is [NH3+]C(CC1CCC(NOO)CC1)C(=O)NCC(=O)NCC(=O)NCC(O)O. The van der Waals surface area contributed by atoms with Crippen molar-refractivity contribution in [2.45, 2.75) is 50.5 Å². The molecule has 10 N–H and O–H groups in total. The molecule has 3 amide bonds. The second-order valence-corrected chi connectivity index (χ2v) is 6.64. The third-order valence-electron chi connectivity index (χ3n) is 4.41. The van der Waals surface area contributed by atoms with Crippen LogP contribution in [0.5, 0.6) is 0 Å². The van der Waals surface area contributed by atoms with Crippen molar-refractivity contribution in [2.24, 2.45) is 5.92 Å². The fraction of sp³-hybridized carbons (Fsp3) is 0.800. The van der Waals surface area contributed by atoms with Gasteiger partial charge in [-0.2, -0.15) is 5.48 Å². The van der Waals surface area contributed by atoms with E-state index in [4.69, 9.17) is 15.5 Å². The summed E-state index contributed by atoms with van der Waals surface area (Å²) in [7, 11) is 0. The van der Waals surface area contributed by atoms with Crippen LogP contribution >= 0.6 is 0 Å². The van der Waals surface area contributed by atoms with Crippen molar-refractivity contribution in [3.63, 3.8) is 0 Å². The molecule has 0 radical (unpaired) electrons. The summed E-state index contributed by atoms with van der Waals surface area (Å²) in [6, 6.07) is -0.388. The molecule has 0 aliphatic heterocycles. The molecule has 12 heteroatoms. The number of hydroxylamine groups is 1. The van der Waals surface area contributed by atoms with Gasteiger partial charge in [-0.05, 0) is 31.6 Å². The first kappa shape index (κ1) is 23.2. The lowest BCUT2D eigenvalue weighted by molar-refractivity contribution is -0.407. The van der Waals surface area contributed by atoms with E-state index < -0.39 is 24.1 Å². The van der Waals surface area contributed by atoms with Gasteiger partial charge in [-0.25, -0.2) is 5.26 Å². The highest BCUT2D eigenvalue weighted by molar-refractivity contribution is 5.89. The van der Waals surface area contributed by atoms with Crippen LogP contribution in [0.2, 0.25) is 0 Å². The van der Waals surface area contributed by atoms with E-state index in [1.165, 1.54) is 0 Å². The molecule has 0 saturated heterocycles. The molecule has 0 heterocycles. The van der Waals surface area contributed by atoms with Crippen LogP contribution in [-0.4, -0.2) is 71.2 Å². The summed E-state index contributed by atoms with van der Waals surface area (Å²) in [6.45, 7) is -0.936. The first-order valence-corrected chi connectivity index (χ1v) is 8.88. The summed E-state index contributed by atoms with van der Waals surface area (Å²) in [6.07, 6.45) is 2.38. The minimum Gasteiger partial charge on any atom is -0.367 e. The number of hydrogen-bond donors (Lipinski definition) is 8. The topological polar surface area (TPSA) is 197 Å². The number of carbonyl (C=O) groups is 3. The van der Waals surface area contributed by atoms with E-state index in [1.54, 1.807) is 0 Å². The normalized spacial score (nSPS) is 20.8. The number of aliphatic hydroxyl groups is 2. The van der Waals surface area contributed by atoms with E-state index in [2.05, 4.69) is 32.2 Å². The van der Waals surface area contributed by atoms with Gasteiger partial charge in [0.05, 0.1) is 19.6 Å². The minimum absolute atomic E-state index is 0.102. The van der Waals surface area contributed by atoms with Crippen LogP contribution in [-0.2, 0) is 19.4 Å². The predicted molar refractivity (Wildman–Crippen MR) is 91.1 cm³/mol. The van der Waals surface area contributed by atoms with Crippen LogP contribution in [0.15, 0.2) is 0 Å². The first-order chi connectivity index (χ1) is 12.8. The zero-order valence-electron chi connectivity index (χ0n) is 15.1. The molecular weight excluding hydrogens is 362 g/mol. The fourth-order valence-corrected chi connectivity index (χ4v) is 2.92. The maximum atomic E-state index is 12.0. The third kappa shape index (κ3) is 10.2. The van der Waals surface area contributed by atoms with Crippen molar-refractivity contribution < 1.29 is 40.6 Å². The van der Waals surface area contributed by atoms with Crippen LogP contribution < -0.4 is 27.2 Å². The Balaban J connectivity index is 2.18. The second-order valence-electron chi connectivity index (χ2n) is 6.64. The van der Waals surface area contributed by atoms with Crippen molar-refractivity contribution in [3.8, 4) is 0 Å². The lowest BCUT2D eigenvalue weighted by Gasteiger charge is -2.28. The minimum atomic E-state index is -1.66. The predicted octanol–water partition coefficient (Wildman–Crippen LogP) is -3.80. The van der Waals surface area contributed by atoms with Crippen molar-refractivity contribution in [1.29, 1.82) is 0 Å². The van der Waals surface area contributed by atoms with Gasteiger partial charge >= 0.3 is 0 Å². The van der Waals surface area contributed by atoms with Gasteiger partial charge in [-0.3, -0.25) is 14.4 Å². The summed E-state index contributed by atoms with van der Waals surface area (Å²) in [5.41, 5.74) is 6.35. The number of nitrogens with one attached hydrogen (secondary N) is 4. The molecule has 1 saturated carbocycles. The smallest absolute Gasteiger partial charge is 0.278 e. The number of quaternary nitrogens is 1. The van der Waals surface area contributed by atoms with Gasteiger partial charge in [-0.15, -0.1) is 4.99 Å². The summed E-state index contributed by atoms with van der Waals surface area (Å²) in [5.74, 6) is -1.10. The Morgan fingerprint density at radius 2 is 1.59 bits per heavy atom. The van der Waals surface area contributed by atoms with Crippen molar-refractivity contribution >= 4 is 17.7 Å². The molecule has 0 aromatic rings. The molecule has 0 aromatic carbocycles.